The monoisotopic (exact) mass is 616 g/mol. The summed E-state index contributed by atoms with van der Waals surface area (Å²) in [5, 5.41) is 5.28. The molecular formula is C32H44N2O10. The van der Waals surface area contributed by atoms with Gasteiger partial charge >= 0.3 is 23.9 Å². The van der Waals surface area contributed by atoms with Crippen molar-refractivity contribution >= 4 is 35.7 Å². The van der Waals surface area contributed by atoms with E-state index in [0.717, 1.165) is 0 Å². The summed E-state index contributed by atoms with van der Waals surface area (Å²) in [4.78, 5) is 74.1. The zero-order valence-corrected chi connectivity index (χ0v) is 25.7. The van der Waals surface area contributed by atoms with Crippen molar-refractivity contribution in [3.05, 3.63) is 0 Å². The number of nitrogens with one attached hydrogen (secondary N) is 2. The average molecular weight is 617 g/mol. The van der Waals surface area contributed by atoms with Gasteiger partial charge < -0.3 is 29.6 Å². The fourth-order valence-corrected chi connectivity index (χ4v) is 4.81. The van der Waals surface area contributed by atoms with Crippen LogP contribution in [0.25, 0.3) is 0 Å². The number of hydrogen-bond donors (Lipinski definition) is 2. The molecular weight excluding hydrogens is 572 g/mol. The molecule has 1 aliphatic carbocycles. The molecule has 1 fully saturated rings. The molecule has 0 unspecified atom stereocenters. The van der Waals surface area contributed by atoms with Crippen LogP contribution in [-0.2, 0) is 47.7 Å². The summed E-state index contributed by atoms with van der Waals surface area (Å²) >= 11 is 0. The van der Waals surface area contributed by atoms with Crippen molar-refractivity contribution in [1.29, 1.82) is 0 Å². The Morgan fingerprint density at radius 2 is 1.00 bits per heavy atom. The topological polar surface area (TPSA) is 163 Å². The third-order valence-corrected chi connectivity index (χ3v) is 7.28. The van der Waals surface area contributed by atoms with E-state index in [-0.39, 0.29) is 62.5 Å². The van der Waals surface area contributed by atoms with Gasteiger partial charge in [-0.1, -0.05) is 11.8 Å². The molecule has 242 valence electrons. The van der Waals surface area contributed by atoms with Crippen LogP contribution in [0.4, 0.5) is 0 Å². The summed E-state index contributed by atoms with van der Waals surface area (Å²) in [6, 6.07) is -1.92. The van der Waals surface area contributed by atoms with Crippen LogP contribution in [0, 0.1) is 23.7 Å². The Labute approximate surface area is 259 Å². The van der Waals surface area contributed by atoms with Crippen LogP contribution in [-0.4, -0.2) is 74.2 Å². The number of hydrogen-bond acceptors (Lipinski definition) is 10. The molecule has 44 heavy (non-hydrogen) atoms. The van der Waals surface area contributed by atoms with Gasteiger partial charge in [0.1, 0.15) is 24.3 Å². The first-order valence-corrected chi connectivity index (χ1v) is 15.3. The lowest BCUT2D eigenvalue weighted by molar-refractivity contribution is -0.159. The lowest BCUT2D eigenvalue weighted by Gasteiger charge is -2.28. The summed E-state index contributed by atoms with van der Waals surface area (Å²) < 4.78 is 20.7. The second kappa shape index (κ2) is 20.8. The standard InChI is InChI=1S/C32H44N2O10/c1-41-31(39)25-19-21-29(37)43-23-15-17-24(18-16-23)44-30(38)22-20-26(32(40)42-2)34-28(36)14-12-10-8-6-4-3-5-7-9-11-13-27(35)33-25/h23-26H,7-22H2,1-2H3,(H,33,35)(H,34,36)/t23?,24?,25-,26-/m0/s1. The van der Waals surface area contributed by atoms with E-state index in [1.807, 2.05) is 0 Å². The minimum Gasteiger partial charge on any atom is -0.467 e. The van der Waals surface area contributed by atoms with Crippen LogP contribution in [0.2, 0.25) is 0 Å². The molecule has 2 N–H and O–H groups in total. The first-order valence-electron chi connectivity index (χ1n) is 15.3. The van der Waals surface area contributed by atoms with Crippen LogP contribution in [0.15, 0.2) is 0 Å². The van der Waals surface area contributed by atoms with E-state index in [2.05, 4.69) is 34.3 Å². The molecule has 2 atom stereocenters. The number of carbonyl (C=O) groups excluding carboxylic acids is 6. The molecule has 0 saturated heterocycles. The van der Waals surface area contributed by atoms with Crippen LogP contribution in [0.5, 0.6) is 0 Å². The average Bonchev–Trinajstić information content (AvgIpc) is 3.01. The van der Waals surface area contributed by atoms with Crippen molar-refractivity contribution < 1.29 is 47.7 Å². The molecule has 2 bridgehead atoms. The zero-order chi connectivity index (χ0) is 32.2. The highest BCUT2D eigenvalue weighted by molar-refractivity contribution is 5.85. The molecule has 0 aromatic heterocycles. The summed E-state index contributed by atoms with van der Waals surface area (Å²) in [5.41, 5.74) is 0. The van der Waals surface area contributed by atoms with Crippen LogP contribution in [0.1, 0.15) is 103 Å². The van der Waals surface area contributed by atoms with E-state index in [4.69, 9.17) is 18.9 Å². The number of fused-ring (bicyclic) bond motifs is 25. The van der Waals surface area contributed by atoms with Crippen LogP contribution in [0.3, 0.4) is 0 Å². The number of ether oxygens (including phenoxy) is 4. The van der Waals surface area contributed by atoms with Gasteiger partial charge in [-0.3, -0.25) is 19.2 Å². The first kappa shape index (κ1) is 36.1. The third kappa shape index (κ3) is 14.9. The van der Waals surface area contributed by atoms with Crippen LogP contribution >= 0.6 is 0 Å². The Bertz CT molecular complexity index is 1030. The van der Waals surface area contributed by atoms with Crippen molar-refractivity contribution in [2.75, 3.05) is 14.2 Å². The SMILES string of the molecule is COC(=O)[C@@H]1CCC(=O)OC2CCC(CC2)OC(=O)CC[C@@H](C(=O)OC)NC(=O)CCCCC#CC#CCCCCC(=O)N1. The van der Waals surface area contributed by atoms with E-state index < -0.39 is 36.0 Å². The smallest absolute Gasteiger partial charge is 0.328 e. The fraction of sp³-hybridized carbons (Fsp3) is 0.688. The van der Waals surface area contributed by atoms with Gasteiger partial charge in [-0.2, -0.15) is 0 Å². The lowest BCUT2D eigenvalue weighted by atomic mass is 9.95. The predicted molar refractivity (Wildman–Crippen MR) is 157 cm³/mol. The Hall–Kier alpha value is -4.06. The van der Waals surface area contributed by atoms with E-state index >= 15 is 0 Å². The highest BCUT2D eigenvalue weighted by Gasteiger charge is 2.29. The van der Waals surface area contributed by atoms with Gasteiger partial charge in [0.2, 0.25) is 11.8 Å². The van der Waals surface area contributed by atoms with Crippen molar-refractivity contribution in [2.45, 2.75) is 127 Å². The summed E-state index contributed by atoms with van der Waals surface area (Å²) in [5.74, 6) is 8.53. The van der Waals surface area contributed by atoms with Gasteiger partial charge in [0, 0.05) is 38.5 Å². The molecule has 2 heterocycles. The Kier molecular flexibility index (Phi) is 17.1. The number of carbonyl (C=O) groups is 6. The Morgan fingerprint density at radius 3 is 1.36 bits per heavy atom. The Balaban J connectivity index is 1.99. The summed E-state index contributed by atoms with van der Waals surface area (Å²) in [6.07, 6.45) is 5.25. The molecule has 0 radical (unpaired) electrons. The predicted octanol–water partition coefficient (Wildman–Crippen LogP) is 2.40. The highest BCUT2D eigenvalue weighted by atomic mass is 16.6. The summed E-state index contributed by atoms with van der Waals surface area (Å²) in [7, 11) is 2.44. The quantitative estimate of drug-likeness (QED) is 0.268. The number of methoxy groups -OCH3 is 2. The van der Waals surface area contributed by atoms with E-state index in [1.54, 1.807) is 0 Å². The van der Waals surface area contributed by atoms with E-state index in [9.17, 15) is 28.8 Å². The maximum absolute atomic E-state index is 12.5. The molecule has 12 nitrogen and oxygen atoms in total. The fourth-order valence-electron chi connectivity index (χ4n) is 4.81. The maximum atomic E-state index is 12.5. The van der Waals surface area contributed by atoms with Gasteiger partial charge in [-0.25, -0.2) is 9.59 Å². The van der Waals surface area contributed by atoms with Crippen molar-refractivity contribution in [1.82, 2.24) is 10.6 Å². The molecule has 0 aromatic rings. The largest absolute Gasteiger partial charge is 0.467 e. The number of rotatable bonds is 2. The minimum atomic E-state index is -0.960. The molecule has 1 saturated carbocycles. The summed E-state index contributed by atoms with van der Waals surface area (Å²) in [6.45, 7) is 0. The van der Waals surface area contributed by atoms with Gasteiger partial charge in [0.25, 0.3) is 0 Å². The van der Waals surface area contributed by atoms with E-state index in [1.165, 1.54) is 14.2 Å². The van der Waals surface area contributed by atoms with Crippen molar-refractivity contribution in [3.63, 3.8) is 0 Å². The molecule has 0 spiro atoms. The van der Waals surface area contributed by atoms with Gasteiger partial charge in [0.05, 0.1) is 14.2 Å². The molecule has 2 aliphatic heterocycles. The number of amides is 2. The second-order valence-electron chi connectivity index (χ2n) is 10.8. The molecule has 3 rings (SSSR count). The highest BCUT2D eigenvalue weighted by Crippen LogP contribution is 2.25. The van der Waals surface area contributed by atoms with Crippen LogP contribution < -0.4 is 10.6 Å². The first-order chi connectivity index (χ1) is 21.2. The van der Waals surface area contributed by atoms with Gasteiger partial charge in [-0.15, -0.1) is 0 Å². The van der Waals surface area contributed by atoms with Gasteiger partial charge in [-0.05, 0) is 76.0 Å². The lowest BCUT2D eigenvalue weighted by Crippen LogP contribution is -2.42. The minimum absolute atomic E-state index is 0.0430. The zero-order valence-electron chi connectivity index (χ0n) is 25.7. The maximum Gasteiger partial charge on any atom is 0.328 e. The third-order valence-electron chi connectivity index (χ3n) is 7.28. The molecule has 3 aliphatic rings. The molecule has 2 amide bonds. The van der Waals surface area contributed by atoms with Crippen molar-refractivity contribution in [3.8, 4) is 23.7 Å². The molecule has 0 aromatic carbocycles. The normalized spacial score (nSPS) is 25.6. The number of esters is 4. The Morgan fingerprint density at radius 1 is 0.614 bits per heavy atom. The van der Waals surface area contributed by atoms with E-state index in [0.29, 0.717) is 64.2 Å². The second-order valence-corrected chi connectivity index (χ2v) is 10.8. The molecule has 12 heteroatoms. The van der Waals surface area contributed by atoms with Crippen molar-refractivity contribution in [2.24, 2.45) is 0 Å². The van der Waals surface area contributed by atoms with Gasteiger partial charge in [0.15, 0.2) is 0 Å².